The Morgan fingerprint density at radius 3 is 2.75 bits per heavy atom. The van der Waals surface area contributed by atoms with E-state index >= 15 is 0 Å². The van der Waals surface area contributed by atoms with Gasteiger partial charge in [0.05, 0.1) is 0 Å². The maximum atomic E-state index is 12.9. The molecular formula is C13H15FO2. The molecule has 0 aromatic heterocycles. The van der Waals surface area contributed by atoms with E-state index in [0.717, 1.165) is 11.6 Å². The molecular weight excluding hydrogens is 207 g/mol. The van der Waals surface area contributed by atoms with Crippen molar-refractivity contribution in [3.63, 3.8) is 0 Å². The topological polar surface area (TPSA) is 37.3 Å². The highest BCUT2D eigenvalue weighted by Gasteiger charge is 2.15. The molecule has 0 atom stereocenters. The molecule has 0 aliphatic rings. The van der Waals surface area contributed by atoms with Gasteiger partial charge in [-0.2, -0.15) is 0 Å². The maximum Gasteiger partial charge on any atom is 0.327 e. The van der Waals surface area contributed by atoms with Gasteiger partial charge in [-0.15, -0.1) is 0 Å². The number of allylic oxidation sites excluding steroid dienone is 1. The van der Waals surface area contributed by atoms with Gasteiger partial charge in [-0.3, -0.25) is 0 Å². The number of carboxylic acid groups (broad SMARTS) is 1. The van der Waals surface area contributed by atoms with E-state index in [4.69, 9.17) is 5.11 Å². The lowest BCUT2D eigenvalue weighted by Crippen LogP contribution is -2.12. The summed E-state index contributed by atoms with van der Waals surface area (Å²) < 4.78 is 12.9. The lowest BCUT2D eigenvalue weighted by atomic mass is 9.85. The zero-order chi connectivity index (χ0) is 12.2. The van der Waals surface area contributed by atoms with Gasteiger partial charge in [0.15, 0.2) is 0 Å². The largest absolute Gasteiger partial charge is 0.478 e. The van der Waals surface area contributed by atoms with E-state index in [1.807, 2.05) is 19.9 Å². The molecule has 1 N–H and O–H groups in total. The molecule has 0 spiro atoms. The van der Waals surface area contributed by atoms with Gasteiger partial charge >= 0.3 is 5.97 Å². The van der Waals surface area contributed by atoms with Crippen molar-refractivity contribution < 1.29 is 14.3 Å². The second-order valence-corrected chi connectivity index (χ2v) is 4.47. The van der Waals surface area contributed by atoms with E-state index in [1.165, 1.54) is 12.1 Å². The molecule has 1 aromatic rings. The highest BCUT2D eigenvalue weighted by atomic mass is 19.1. The highest BCUT2D eigenvalue weighted by molar-refractivity contribution is 5.79. The van der Waals surface area contributed by atoms with E-state index in [9.17, 15) is 9.18 Å². The Morgan fingerprint density at radius 2 is 2.19 bits per heavy atom. The number of halogens is 1. The summed E-state index contributed by atoms with van der Waals surface area (Å²) in [4.78, 5) is 10.4. The molecule has 0 bridgehead atoms. The molecule has 0 unspecified atom stereocenters. The van der Waals surface area contributed by atoms with E-state index in [1.54, 1.807) is 12.1 Å². The molecule has 1 aromatic carbocycles. The summed E-state index contributed by atoms with van der Waals surface area (Å²) in [5.41, 5.74) is 0.562. The van der Waals surface area contributed by atoms with Crippen molar-refractivity contribution >= 4 is 5.97 Å². The van der Waals surface area contributed by atoms with Crippen molar-refractivity contribution in [2.45, 2.75) is 20.3 Å². The fourth-order valence-electron chi connectivity index (χ4n) is 1.53. The number of carboxylic acids is 1. The van der Waals surface area contributed by atoms with Crippen molar-refractivity contribution in [2.75, 3.05) is 0 Å². The Hall–Kier alpha value is -1.64. The van der Waals surface area contributed by atoms with Gasteiger partial charge in [0.1, 0.15) is 5.82 Å². The summed E-state index contributed by atoms with van der Waals surface area (Å²) in [5, 5.41) is 8.54. The minimum atomic E-state index is -0.965. The second kappa shape index (κ2) is 4.92. The summed E-state index contributed by atoms with van der Waals surface area (Å²) in [7, 11) is 0. The van der Waals surface area contributed by atoms with E-state index in [0.29, 0.717) is 6.42 Å². The molecule has 0 fully saturated rings. The molecule has 3 heteroatoms. The lowest BCUT2D eigenvalue weighted by Gasteiger charge is -2.19. The van der Waals surface area contributed by atoms with Crippen molar-refractivity contribution in [3.8, 4) is 0 Å². The average molecular weight is 222 g/mol. The van der Waals surface area contributed by atoms with E-state index in [2.05, 4.69) is 0 Å². The van der Waals surface area contributed by atoms with Gasteiger partial charge < -0.3 is 5.11 Å². The van der Waals surface area contributed by atoms with Crippen LogP contribution in [0.15, 0.2) is 36.4 Å². The van der Waals surface area contributed by atoms with Crippen LogP contribution in [0.25, 0.3) is 0 Å². The molecule has 0 saturated heterocycles. The number of aliphatic carboxylic acids is 1. The van der Waals surface area contributed by atoms with Crippen LogP contribution in [0.3, 0.4) is 0 Å². The van der Waals surface area contributed by atoms with Crippen molar-refractivity contribution in [3.05, 3.63) is 47.8 Å². The Bertz CT molecular complexity index is 408. The fourth-order valence-corrected chi connectivity index (χ4v) is 1.53. The standard InChI is InChI=1S/C13H15FO2/c1-13(2,7-6-12(15)16)9-10-4-3-5-11(14)8-10/h3-8H,9H2,1-2H3,(H,15,16)/b7-6+. The summed E-state index contributed by atoms with van der Waals surface area (Å²) in [6.45, 7) is 3.83. The van der Waals surface area contributed by atoms with Crippen LogP contribution in [0, 0.1) is 11.2 Å². The predicted octanol–water partition coefficient (Wildman–Crippen LogP) is 3.04. The first kappa shape index (κ1) is 12.4. The van der Waals surface area contributed by atoms with Crippen LogP contribution in [0.5, 0.6) is 0 Å². The second-order valence-electron chi connectivity index (χ2n) is 4.47. The molecule has 0 aliphatic heterocycles. The van der Waals surface area contributed by atoms with Gasteiger partial charge in [0.25, 0.3) is 0 Å². The van der Waals surface area contributed by atoms with Gasteiger partial charge in [0.2, 0.25) is 0 Å². The Labute approximate surface area is 94.4 Å². The van der Waals surface area contributed by atoms with Gasteiger partial charge in [-0.05, 0) is 29.5 Å². The lowest BCUT2D eigenvalue weighted by molar-refractivity contribution is -0.131. The van der Waals surface area contributed by atoms with Gasteiger partial charge in [-0.25, -0.2) is 9.18 Å². The maximum absolute atomic E-state index is 12.9. The van der Waals surface area contributed by atoms with Crippen LogP contribution in [-0.2, 0) is 11.2 Å². The summed E-state index contributed by atoms with van der Waals surface area (Å²) >= 11 is 0. The molecule has 86 valence electrons. The van der Waals surface area contributed by atoms with Gasteiger partial charge in [-0.1, -0.05) is 32.1 Å². The minimum absolute atomic E-state index is 0.268. The van der Waals surface area contributed by atoms with Crippen LogP contribution in [-0.4, -0.2) is 11.1 Å². The molecule has 0 saturated carbocycles. The van der Waals surface area contributed by atoms with E-state index in [-0.39, 0.29) is 11.2 Å². The Morgan fingerprint density at radius 1 is 1.50 bits per heavy atom. The summed E-state index contributed by atoms with van der Waals surface area (Å²) in [5.74, 6) is -1.23. The van der Waals surface area contributed by atoms with Crippen LogP contribution in [0.2, 0.25) is 0 Å². The first-order valence-electron chi connectivity index (χ1n) is 5.06. The first-order valence-corrected chi connectivity index (χ1v) is 5.06. The minimum Gasteiger partial charge on any atom is -0.478 e. The summed E-state index contributed by atoms with van der Waals surface area (Å²) in [6.07, 6.45) is 3.36. The average Bonchev–Trinajstić information content (AvgIpc) is 2.14. The van der Waals surface area contributed by atoms with Gasteiger partial charge in [0, 0.05) is 6.08 Å². The van der Waals surface area contributed by atoms with Crippen molar-refractivity contribution in [2.24, 2.45) is 5.41 Å². The smallest absolute Gasteiger partial charge is 0.327 e. The van der Waals surface area contributed by atoms with E-state index < -0.39 is 5.97 Å². The summed E-state index contributed by atoms with van der Waals surface area (Å²) in [6, 6.07) is 6.35. The third-order valence-electron chi connectivity index (χ3n) is 2.23. The quantitative estimate of drug-likeness (QED) is 0.795. The number of benzene rings is 1. The number of hydrogen-bond acceptors (Lipinski definition) is 1. The molecule has 0 heterocycles. The molecule has 0 radical (unpaired) electrons. The first-order chi connectivity index (χ1) is 7.39. The molecule has 2 nitrogen and oxygen atoms in total. The number of carbonyl (C=O) groups is 1. The van der Waals surface area contributed by atoms with Crippen LogP contribution < -0.4 is 0 Å². The monoisotopic (exact) mass is 222 g/mol. The fraction of sp³-hybridized carbons (Fsp3) is 0.308. The van der Waals surface area contributed by atoms with Crippen LogP contribution in [0.1, 0.15) is 19.4 Å². The molecule has 16 heavy (non-hydrogen) atoms. The molecule has 0 amide bonds. The highest BCUT2D eigenvalue weighted by Crippen LogP contribution is 2.23. The number of rotatable bonds is 4. The Balaban J connectivity index is 2.76. The SMILES string of the molecule is CC(C)(/C=C/C(=O)O)Cc1cccc(F)c1. The zero-order valence-corrected chi connectivity index (χ0v) is 9.40. The Kier molecular flexibility index (Phi) is 3.82. The van der Waals surface area contributed by atoms with Crippen molar-refractivity contribution in [1.82, 2.24) is 0 Å². The molecule has 0 aliphatic carbocycles. The normalized spacial score (nSPS) is 11.9. The third kappa shape index (κ3) is 4.26. The zero-order valence-electron chi connectivity index (χ0n) is 9.40. The van der Waals surface area contributed by atoms with Crippen LogP contribution >= 0.6 is 0 Å². The molecule has 1 rings (SSSR count). The van der Waals surface area contributed by atoms with Crippen molar-refractivity contribution in [1.29, 1.82) is 0 Å². The predicted molar refractivity (Wildman–Crippen MR) is 60.7 cm³/mol. The van der Waals surface area contributed by atoms with Crippen LogP contribution in [0.4, 0.5) is 4.39 Å². The third-order valence-corrected chi connectivity index (χ3v) is 2.23. The number of hydrogen-bond donors (Lipinski definition) is 1.